The van der Waals surface area contributed by atoms with Crippen molar-refractivity contribution in [2.24, 2.45) is 0 Å². The number of likely N-dealkylation sites (N-methyl/N-ethyl adjacent to an activating group) is 1. The van der Waals surface area contributed by atoms with Crippen LogP contribution in [0.4, 0.5) is 0 Å². The normalized spacial score (nSPS) is 14.6. The molecule has 3 N–H and O–H groups in total. The summed E-state index contributed by atoms with van der Waals surface area (Å²) >= 11 is 0. The van der Waals surface area contributed by atoms with Crippen LogP contribution in [0.5, 0.6) is 23.0 Å². The smallest absolute Gasteiger partial charge is 0.204 e. The van der Waals surface area contributed by atoms with Gasteiger partial charge in [-0.05, 0) is 64.2 Å². The molecule has 3 aromatic rings. The summed E-state index contributed by atoms with van der Waals surface area (Å²) < 4.78 is 12.0. The predicted molar refractivity (Wildman–Crippen MR) is 119 cm³/mol. The van der Waals surface area contributed by atoms with Gasteiger partial charge in [-0.15, -0.1) is 0 Å². The van der Waals surface area contributed by atoms with Crippen LogP contribution in [0.25, 0.3) is 28.2 Å². The van der Waals surface area contributed by atoms with Gasteiger partial charge in [-0.25, -0.2) is 0 Å². The van der Waals surface area contributed by atoms with Crippen LogP contribution in [-0.2, 0) is 6.42 Å². The highest BCUT2D eigenvalue weighted by Gasteiger charge is 2.30. The molecule has 0 bridgehead atoms. The zero-order valence-corrected chi connectivity index (χ0v) is 17.9. The van der Waals surface area contributed by atoms with Crippen LogP contribution < -0.4 is 10.2 Å². The Morgan fingerprint density at radius 3 is 2.52 bits per heavy atom. The third-order valence-corrected chi connectivity index (χ3v) is 5.39. The molecule has 1 aromatic heterocycles. The van der Waals surface area contributed by atoms with Gasteiger partial charge in [0.1, 0.15) is 28.7 Å². The van der Waals surface area contributed by atoms with Gasteiger partial charge in [-0.3, -0.25) is 4.79 Å². The summed E-state index contributed by atoms with van der Waals surface area (Å²) in [6.45, 7) is 4.48. The first kappa shape index (κ1) is 20.8. The van der Waals surface area contributed by atoms with E-state index in [4.69, 9.17) is 9.15 Å². The van der Waals surface area contributed by atoms with Crippen molar-refractivity contribution in [1.82, 2.24) is 4.90 Å². The van der Waals surface area contributed by atoms with E-state index in [0.717, 1.165) is 0 Å². The summed E-state index contributed by atoms with van der Waals surface area (Å²) in [5.74, 6) is -0.295. The fraction of sp³-hybridized carbons (Fsp3) is 0.292. The molecule has 1 aliphatic rings. The number of phenols is 3. The van der Waals surface area contributed by atoms with Crippen molar-refractivity contribution in [2.45, 2.75) is 25.9 Å². The van der Waals surface area contributed by atoms with Crippen LogP contribution in [0.1, 0.15) is 25.0 Å². The van der Waals surface area contributed by atoms with Crippen LogP contribution in [0.15, 0.2) is 39.7 Å². The lowest BCUT2D eigenvalue weighted by atomic mass is 9.94. The number of aromatic hydroxyl groups is 3. The van der Waals surface area contributed by atoms with E-state index in [1.807, 2.05) is 45.0 Å². The average Bonchev–Trinajstić information content (AvgIpc) is 2.69. The molecule has 31 heavy (non-hydrogen) atoms. The number of hydrogen-bond donors (Lipinski definition) is 3. The number of nitrogens with zero attached hydrogens (tertiary/aromatic N) is 1. The first-order chi connectivity index (χ1) is 14.6. The number of hydrogen-bond acceptors (Lipinski definition) is 7. The Bertz CT molecular complexity index is 1270. The highest BCUT2D eigenvalue weighted by molar-refractivity contribution is 5.97. The highest BCUT2D eigenvalue weighted by atomic mass is 16.5. The zero-order valence-electron chi connectivity index (χ0n) is 17.9. The van der Waals surface area contributed by atoms with Crippen molar-refractivity contribution in [1.29, 1.82) is 0 Å². The second-order valence-corrected chi connectivity index (χ2v) is 8.55. The van der Waals surface area contributed by atoms with Gasteiger partial charge in [0.05, 0.1) is 11.1 Å². The monoisotopic (exact) mass is 423 g/mol. The van der Waals surface area contributed by atoms with Crippen LogP contribution >= 0.6 is 0 Å². The van der Waals surface area contributed by atoms with E-state index in [2.05, 4.69) is 0 Å². The number of benzene rings is 2. The van der Waals surface area contributed by atoms with Gasteiger partial charge in [0.2, 0.25) is 5.43 Å². The molecular weight excluding hydrogens is 398 g/mol. The van der Waals surface area contributed by atoms with E-state index < -0.39 is 11.0 Å². The van der Waals surface area contributed by atoms with Gasteiger partial charge < -0.3 is 29.4 Å². The highest BCUT2D eigenvalue weighted by Crippen LogP contribution is 2.44. The van der Waals surface area contributed by atoms with Gasteiger partial charge in [-0.1, -0.05) is 6.07 Å². The molecule has 0 aliphatic carbocycles. The summed E-state index contributed by atoms with van der Waals surface area (Å²) in [7, 11) is 3.86. The maximum atomic E-state index is 13.4. The van der Waals surface area contributed by atoms with Gasteiger partial charge >= 0.3 is 0 Å². The summed E-state index contributed by atoms with van der Waals surface area (Å²) in [4.78, 5) is 15.4. The Kier molecular flexibility index (Phi) is 4.94. The van der Waals surface area contributed by atoms with E-state index in [-0.39, 0.29) is 33.8 Å². The molecule has 0 fully saturated rings. The summed E-state index contributed by atoms with van der Waals surface area (Å²) in [5, 5.41) is 30.6. The fourth-order valence-corrected chi connectivity index (χ4v) is 3.71. The van der Waals surface area contributed by atoms with Crippen molar-refractivity contribution in [3.05, 3.63) is 51.9 Å². The minimum absolute atomic E-state index is 0.0607. The molecule has 0 saturated carbocycles. The minimum Gasteiger partial charge on any atom is -0.507 e. The molecular formula is C24H25NO6. The quantitative estimate of drug-likeness (QED) is 0.548. The Hall–Kier alpha value is -3.45. The van der Waals surface area contributed by atoms with Gasteiger partial charge in [-0.2, -0.15) is 0 Å². The SMILES string of the molecule is CN(C)CCc1c2c(c3occ(-c4ccc(O)c(O)c4)c(=O)c3c1O)C=CC(C)(C)O2. The van der Waals surface area contributed by atoms with E-state index >= 15 is 0 Å². The van der Waals surface area contributed by atoms with Crippen LogP contribution in [-0.4, -0.2) is 46.5 Å². The van der Waals surface area contributed by atoms with E-state index in [1.165, 1.54) is 24.5 Å². The second-order valence-electron chi connectivity index (χ2n) is 8.55. The van der Waals surface area contributed by atoms with Gasteiger partial charge in [0, 0.05) is 12.1 Å². The first-order valence-corrected chi connectivity index (χ1v) is 9.97. The molecule has 0 amide bonds. The van der Waals surface area contributed by atoms with Crippen molar-refractivity contribution < 1.29 is 24.5 Å². The number of phenolic OH excluding ortho intramolecular Hbond substituents is 3. The standard InChI is InChI=1S/C24H25NO6/c1-24(2)9-7-15-22(31-24)14(8-10-25(3)4)20(28)19-21(29)16(12-30-23(15)19)13-5-6-17(26)18(27)11-13/h5-7,9,11-12,26-28H,8,10H2,1-4H3. The first-order valence-electron chi connectivity index (χ1n) is 9.97. The molecule has 162 valence electrons. The average molecular weight is 423 g/mol. The maximum Gasteiger partial charge on any atom is 0.204 e. The van der Waals surface area contributed by atoms with E-state index in [9.17, 15) is 20.1 Å². The molecule has 0 atom stereocenters. The van der Waals surface area contributed by atoms with Crippen LogP contribution in [0.2, 0.25) is 0 Å². The zero-order chi connectivity index (χ0) is 22.5. The summed E-state index contributed by atoms with van der Waals surface area (Å²) in [6, 6.07) is 4.07. The molecule has 0 saturated heterocycles. The van der Waals surface area contributed by atoms with Crippen molar-refractivity contribution >= 4 is 17.0 Å². The summed E-state index contributed by atoms with van der Waals surface area (Å²) in [5.41, 5.74) is 0.929. The van der Waals surface area contributed by atoms with Crippen LogP contribution in [0, 0.1) is 0 Å². The number of rotatable bonds is 4. The molecule has 1 aliphatic heterocycles. The topological polar surface area (TPSA) is 103 Å². The molecule has 7 heteroatoms. The molecule has 0 unspecified atom stereocenters. The fourth-order valence-electron chi connectivity index (χ4n) is 3.71. The number of ether oxygens (including phenoxy) is 1. The lowest BCUT2D eigenvalue weighted by Gasteiger charge is -2.30. The Labute approximate surface area is 179 Å². The summed E-state index contributed by atoms with van der Waals surface area (Å²) in [6.07, 6.45) is 5.51. The van der Waals surface area contributed by atoms with Crippen LogP contribution in [0.3, 0.4) is 0 Å². The number of fused-ring (bicyclic) bond motifs is 3. The Morgan fingerprint density at radius 1 is 1.10 bits per heavy atom. The molecule has 2 aromatic carbocycles. The van der Waals surface area contributed by atoms with E-state index in [1.54, 1.807) is 0 Å². The second kappa shape index (κ2) is 7.35. The van der Waals surface area contributed by atoms with Gasteiger partial charge in [0.25, 0.3) is 0 Å². The van der Waals surface area contributed by atoms with E-state index in [0.29, 0.717) is 35.4 Å². The van der Waals surface area contributed by atoms with Crippen molar-refractivity contribution in [3.8, 4) is 34.1 Å². The Morgan fingerprint density at radius 2 is 1.84 bits per heavy atom. The molecule has 0 radical (unpaired) electrons. The lowest BCUT2D eigenvalue weighted by Crippen LogP contribution is -2.29. The Balaban J connectivity index is 2.01. The maximum absolute atomic E-state index is 13.4. The van der Waals surface area contributed by atoms with Crippen molar-refractivity contribution in [3.63, 3.8) is 0 Å². The molecule has 7 nitrogen and oxygen atoms in total. The minimum atomic E-state index is -0.566. The third-order valence-electron chi connectivity index (χ3n) is 5.39. The van der Waals surface area contributed by atoms with Crippen molar-refractivity contribution in [2.75, 3.05) is 20.6 Å². The van der Waals surface area contributed by atoms with Gasteiger partial charge in [0.15, 0.2) is 17.1 Å². The lowest BCUT2D eigenvalue weighted by molar-refractivity contribution is 0.156. The largest absolute Gasteiger partial charge is 0.507 e. The molecule has 2 heterocycles. The molecule has 4 rings (SSSR count). The molecule has 0 spiro atoms. The predicted octanol–water partition coefficient (Wildman–Crippen LogP) is 3.87. The third kappa shape index (κ3) is 3.61.